The highest BCUT2D eigenvalue weighted by atomic mass is 16.2. The zero-order chi connectivity index (χ0) is 14.5. The molecule has 0 aliphatic heterocycles. The Morgan fingerprint density at radius 3 is 2.15 bits per heavy atom. The highest BCUT2D eigenvalue weighted by Gasteiger charge is 2.15. The number of nitrogens with zero attached hydrogens (tertiary/aromatic N) is 1. The second-order valence-electron chi connectivity index (χ2n) is 4.57. The van der Waals surface area contributed by atoms with E-state index in [0.717, 1.165) is 0 Å². The van der Waals surface area contributed by atoms with Crippen LogP contribution < -0.4 is 5.32 Å². The Morgan fingerprint density at radius 2 is 1.50 bits per heavy atom. The maximum Gasteiger partial charge on any atom is 0.321 e. The van der Waals surface area contributed by atoms with Crippen molar-refractivity contribution >= 4 is 17.5 Å². The van der Waals surface area contributed by atoms with Crippen LogP contribution in [0.3, 0.4) is 0 Å². The van der Waals surface area contributed by atoms with Gasteiger partial charge < -0.3 is 10.2 Å². The molecule has 2 aromatic rings. The lowest BCUT2D eigenvalue weighted by molar-refractivity contribution is 0.103. The quantitative estimate of drug-likeness (QED) is 0.870. The van der Waals surface area contributed by atoms with Gasteiger partial charge in [0, 0.05) is 25.2 Å². The Labute approximate surface area is 118 Å². The van der Waals surface area contributed by atoms with E-state index >= 15 is 0 Å². The first-order valence-corrected chi connectivity index (χ1v) is 6.26. The molecule has 0 radical (unpaired) electrons. The van der Waals surface area contributed by atoms with Crippen molar-refractivity contribution in [2.75, 3.05) is 19.4 Å². The van der Waals surface area contributed by atoms with Crippen LogP contribution in [0.2, 0.25) is 0 Å². The molecule has 0 aliphatic carbocycles. The predicted molar refractivity (Wildman–Crippen MR) is 79.0 cm³/mol. The summed E-state index contributed by atoms with van der Waals surface area (Å²) in [7, 11) is 3.30. The lowest BCUT2D eigenvalue weighted by Crippen LogP contribution is -2.28. The van der Waals surface area contributed by atoms with Crippen molar-refractivity contribution in [3.8, 4) is 0 Å². The fourth-order valence-electron chi connectivity index (χ4n) is 1.76. The van der Waals surface area contributed by atoms with E-state index in [2.05, 4.69) is 5.32 Å². The van der Waals surface area contributed by atoms with E-state index in [-0.39, 0.29) is 11.8 Å². The van der Waals surface area contributed by atoms with Gasteiger partial charge in [0.1, 0.15) is 0 Å². The van der Waals surface area contributed by atoms with Crippen LogP contribution in [0.4, 0.5) is 10.5 Å². The molecule has 2 aromatic carbocycles. The standard InChI is InChI=1S/C16H16N2O2/c1-18(2)16(20)17-14-11-7-6-10-13(14)15(19)12-8-4-3-5-9-12/h3-11H,1-2H3,(H,17,20). The molecule has 1 N–H and O–H groups in total. The van der Waals surface area contributed by atoms with E-state index in [1.807, 2.05) is 18.2 Å². The number of nitrogens with one attached hydrogen (secondary N) is 1. The number of rotatable bonds is 3. The topological polar surface area (TPSA) is 49.4 Å². The molecule has 0 bridgehead atoms. The van der Waals surface area contributed by atoms with Crippen LogP contribution in [0.15, 0.2) is 54.6 Å². The van der Waals surface area contributed by atoms with Crippen LogP contribution in [-0.2, 0) is 0 Å². The van der Waals surface area contributed by atoms with E-state index in [0.29, 0.717) is 16.8 Å². The van der Waals surface area contributed by atoms with Gasteiger partial charge in [-0.3, -0.25) is 4.79 Å². The number of hydrogen-bond donors (Lipinski definition) is 1. The number of hydrogen-bond acceptors (Lipinski definition) is 2. The predicted octanol–water partition coefficient (Wildman–Crippen LogP) is 3.01. The average molecular weight is 268 g/mol. The summed E-state index contributed by atoms with van der Waals surface area (Å²) in [6.07, 6.45) is 0. The monoisotopic (exact) mass is 268 g/mol. The Hall–Kier alpha value is -2.62. The fraction of sp³-hybridized carbons (Fsp3) is 0.125. The van der Waals surface area contributed by atoms with Crippen molar-refractivity contribution in [2.24, 2.45) is 0 Å². The molecule has 0 fully saturated rings. The lowest BCUT2D eigenvalue weighted by Gasteiger charge is -2.14. The second-order valence-corrected chi connectivity index (χ2v) is 4.57. The molecule has 4 nitrogen and oxygen atoms in total. The van der Waals surface area contributed by atoms with Gasteiger partial charge in [0.05, 0.1) is 5.69 Å². The summed E-state index contributed by atoms with van der Waals surface area (Å²) in [5, 5.41) is 2.73. The van der Waals surface area contributed by atoms with Crippen LogP contribution >= 0.6 is 0 Å². The smallest absolute Gasteiger partial charge is 0.321 e. The van der Waals surface area contributed by atoms with Crippen LogP contribution in [0.5, 0.6) is 0 Å². The number of ketones is 1. The van der Waals surface area contributed by atoms with Gasteiger partial charge in [-0.1, -0.05) is 42.5 Å². The lowest BCUT2D eigenvalue weighted by atomic mass is 10.0. The SMILES string of the molecule is CN(C)C(=O)Nc1ccccc1C(=O)c1ccccc1. The van der Waals surface area contributed by atoms with Gasteiger partial charge in [-0.25, -0.2) is 4.79 Å². The minimum absolute atomic E-state index is 0.111. The Balaban J connectivity index is 2.33. The largest absolute Gasteiger partial charge is 0.331 e. The van der Waals surface area contributed by atoms with Crippen LogP contribution in [0, 0.1) is 0 Å². The van der Waals surface area contributed by atoms with E-state index in [4.69, 9.17) is 0 Å². The van der Waals surface area contributed by atoms with E-state index in [1.165, 1.54) is 4.90 Å². The minimum atomic E-state index is -0.265. The van der Waals surface area contributed by atoms with Crippen molar-refractivity contribution in [3.63, 3.8) is 0 Å². The first kappa shape index (κ1) is 13.8. The fourth-order valence-corrected chi connectivity index (χ4v) is 1.76. The summed E-state index contributed by atoms with van der Waals surface area (Å²) in [6, 6.07) is 15.7. The zero-order valence-electron chi connectivity index (χ0n) is 11.5. The molecule has 0 heterocycles. The maximum atomic E-state index is 12.5. The van der Waals surface area contributed by atoms with Crippen molar-refractivity contribution in [3.05, 3.63) is 65.7 Å². The Kier molecular flexibility index (Phi) is 4.15. The van der Waals surface area contributed by atoms with E-state index < -0.39 is 0 Å². The van der Waals surface area contributed by atoms with Gasteiger partial charge in [-0.15, -0.1) is 0 Å². The van der Waals surface area contributed by atoms with Crippen molar-refractivity contribution in [1.82, 2.24) is 4.90 Å². The zero-order valence-corrected chi connectivity index (χ0v) is 11.5. The average Bonchev–Trinajstić information content (AvgIpc) is 2.48. The van der Waals surface area contributed by atoms with Gasteiger partial charge in [-0.05, 0) is 12.1 Å². The first-order valence-electron chi connectivity index (χ1n) is 6.26. The molecule has 0 unspecified atom stereocenters. The third kappa shape index (κ3) is 3.03. The van der Waals surface area contributed by atoms with E-state index in [1.54, 1.807) is 50.5 Å². The van der Waals surface area contributed by atoms with E-state index in [9.17, 15) is 9.59 Å². The minimum Gasteiger partial charge on any atom is -0.331 e. The summed E-state index contributed by atoms with van der Waals surface area (Å²) in [5.41, 5.74) is 1.59. The first-order chi connectivity index (χ1) is 9.59. The molecule has 0 aromatic heterocycles. The molecular weight excluding hydrogens is 252 g/mol. The Morgan fingerprint density at radius 1 is 0.900 bits per heavy atom. The number of anilines is 1. The third-order valence-corrected chi connectivity index (χ3v) is 2.86. The third-order valence-electron chi connectivity index (χ3n) is 2.86. The van der Waals surface area contributed by atoms with Gasteiger partial charge in [0.15, 0.2) is 5.78 Å². The highest BCUT2D eigenvalue weighted by molar-refractivity contribution is 6.13. The van der Waals surface area contributed by atoms with Crippen molar-refractivity contribution < 1.29 is 9.59 Å². The second kappa shape index (κ2) is 6.02. The summed E-state index contributed by atoms with van der Waals surface area (Å²) in [4.78, 5) is 25.6. The van der Waals surface area contributed by atoms with Gasteiger partial charge in [0.2, 0.25) is 0 Å². The Bertz CT molecular complexity index is 621. The molecule has 0 aliphatic rings. The summed E-state index contributed by atoms with van der Waals surface area (Å²) in [5.74, 6) is -0.111. The van der Waals surface area contributed by atoms with Crippen LogP contribution in [0.25, 0.3) is 0 Å². The van der Waals surface area contributed by atoms with Crippen molar-refractivity contribution in [2.45, 2.75) is 0 Å². The molecule has 0 saturated carbocycles. The molecule has 0 spiro atoms. The molecule has 4 heteroatoms. The van der Waals surface area contributed by atoms with Crippen LogP contribution in [-0.4, -0.2) is 30.8 Å². The highest BCUT2D eigenvalue weighted by Crippen LogP contribution is 2.19. The normalized spacial score (nSPS) is 9.90. The number of carbonyl (C=O) groups excluding carboxylic acids is 2. The number of para-hydroxylation sites is 1. The summed E-state index contributed by atoms with van der Waals surface area (Å²) < 4.78 is 0. The molecule has 102 valence electrons. The molecule has 2 amide bonds. The number of benzene rings is 2. The number of amides is 2. The van der Waals surface area contributed by atoms with Crippen molar-refractivity contribution in [1.29, 1.82) is 0 Å². The summed E-state index contributed by atoms with van der Waals surface area (Å²) >= 11 is 0. The summed E-state index contributed by atoms with van der Waals surface area (Å²) in [6.45, 7) is 0. The molecule has 2 rings (SSSR count). The van der Waals surface area contributed by atoms with Gasteiger partial charge >= 0.3 is 6.03 Å². The van der Waals surface area contributed by atoms with Crippen LogP contribution in [0.1, 0.15) is 15.9 Å². The molecule has 0 atom stereocenters. The maximum absolute atomic E-state index is 12.5. The van der Waals surface area contributed by atoms with Gasteiger partial charge in [0.25, 0.3) is 0 Å². The number of carbonyl (C=O) groups is 2. The molecule has 20 heavy (non-hydrogen) atoms. The number of urea groups is 1. The molecular formula is C16H16N2O2. The van der Waals surface area contributed by atoms with Gasteiger partial charge in [-0.2, -0.15) is 0 Å². The molecule has 0 saturated heterocycles.